The zero-order valence-electron chi connectivity index (χ0n) is 10.9. The van der Waals surface area contributed by atoms with E-state index in [2.05, 4.69) is 15.0 Å². The lowest BCUT2D eigenvalue weighted by atomic mass is 10.2. The minimum absolute atomic E-state index is 0. The predicted molar refractivity (Wildman–Crippen MR) is 77.0 cm³/mol. The molecule has 2 heterocycles. The number of nitrogens with zero attached hydrogens (tertiary/aromatic N) is 2. The lowest BCUT2D eigenvalue weighted by Gasteiger charge is -2.11. The first-order chi connectivity index (χ1) is 9.12. The highest BCUT2D eigenvalue weighted by Gasteiger charge is 2.17. The van der Waals surface area contributed by atoms with Gasteiger partial charge in [0, 0.05) is 25.0 Å². The Hall–Kier alpha value is -1.20. The first-order valence-corrected chi connectivity index (χ1v) is 7.68. The van der Waals surface area contributed by atoms with Crippen LogP contribution in [0.4, 0.5) is 0 Å². The van der Waals surface area contributed by atoms with Crippen LogP contribution in [-0.2, 0) is 10.0 Å². The molecule has 0 unspecified atom stereocenters. The van der Waals surface area contributed by atoms with Gasteiger partial charge in [0.25, 0.3) is 0 Å². The van der Waals surface area contributed by atoms with Crippen LogP contribution in [-0.4, -0.2) is 32.5 Å². The van der Waals surface area contributed by atoms with E-state index in [0.717, 1.165) is 25.8 Å². The van der Waals surface area contributed by atoms with Gasteiger partial charge < -0.3 is 5.32 Å². The van der Waals surface area contributed by atoms with Crippen LogP contribution in [0.25, 0.3) is 0 Å². The maximum Gasteiger partial charge on any atom is 0.242 e. The molecule has 1 aliphatic rings. The van der Waals surface area contributed by atoms with Crippen LogP contribution in [0, 0.1) is 11.3 Å². The first kappa shape index (κ1) is 16.9. The third kappa shape index (κ3) is 4.42. The molecule has 20 heavy (non-hydrogen) atoms. The molecular formula is C12H17ClN4O2S. The van der Waals surface area contributed by atoms with Crippen molar-refractivity contribution in [3.8, 4) is 6.07 Å². The summed E-state index contributed by atoms with van der Waals surface area (Å²) in [6.45, 7) is 1.39. The molecule has 2 N–H and O–H groups in total. The van der Waals surface area contributed by atoms with Crippen LogP contribution in [0.2, 0.25) is 0 Å². The molecule has 0 saturated carbocycles. The van der Waals surface area contributed by atoms with E-state index in [1.807, 2.05) is 6.07 Å². The van der Waals surface area contributed by atoms with Crippen molar-refractivity contribution in [2.24, 2.45) is 0 Å². The Labute approximate surface area is 125 Å². The molecular weight excluding hydrogens is 300 g/mol. The normalized spacial score (nSPS) is 18.2. The summed E-state index contributed by atoms with van der Waals surface area (Å²) in [5, 5.41) is 12.0. The van der Waals surface area contributed by atoms with E-state index in [4.69, 9.17) is 5.26 Å². The third-order valence-electron chi connectivity index (χ3n) is 3.10. The number of nitrogens with one attached hydrogen (secondary N) is 2. The quantitative estimate of drug-likeness (QED) is 0.837. The van der Waals surface area contributed by atoms with Gasteiger partial charge in [0.2, 0.25) is 10.0 Å². The Morgan fingerprint density at radius 2 is 2.30 bits per heavy atom. The van der Waals surface area contributed by atoms with E-state index >= 15 is 0 Å². The fourth-order valence-electron chi connectivity index (χ4n) is 2.08. The lowest BCUT2D eigenvalue weighted by molar-refractivity contribution is 0.539. The summed E-state index contributed by atoms with van der Waals surface area (Å²) < 4.78 is 26.5. The molecule has 8 heteroatoms. The van der Waals surface area contributed by atoms with E-state index < -0.39 is 10.0 Å². The Kier molecular flexibility index (Phi) is 6.36. The summed E-state index contributed by atoms with van der Waals surface area (Å²) in [7, 11) is -3.58. The lowest BCUT2D eigenvalue weighted by Crippen LogP contribution is -2.30. The zero-order chi connectivity index (χ0) is 13.7. The average Bonchev–Trinajstić information content (AvgIpc) is 2.92. The van der Waals surface area contributed by atoms with Gasteiger partial charge in [-0.1, -0.05) is 0 Å². The van der Waals surface area contributed by atoms with Crippen molar-refractivity contribution in [2.45, 2.75) is 30.2 Å². The number of sulfonamides is 1. The predicted octanol–water partition coefficient (Wildman–Crippen LogP) is 0.795. The van der Waals surface area contributed by atoms with Gasteiger partial charge in [0.15, 0.2) is 0 Å². The number of halogens is 1. The van der Waals surface area contributed by atoms with Crippen LogP contribution in [0.15, 0.2) is 23.4 Å². The average molecular weight is 317 g/mol. The fourth-order valence-corrected chi connectivity index (χ4v) is 3.12. The van der Waals surface area contributed by atoms with Crippen molar-refractivity contribution < 1.29 is 8.42 Å². The molecule has 6 nitrogen and oxygen atoms in total. The van der Waals surface area contributed by atoms with Crippen LogP contribution in [0.3, 0.4) is 0 Å². The molecule has 1 atom stereocenters. The Morgan fingerprint density at radius 1 is 1.50 bits per heavy atom. The molecule has 0 bridgehead atoms. The standard InChI is InChI=1S/C12H16N4O2S.ClH/c13-7-10-6-12(9-14-8-10)19(17,18)16-5-3-11-2-1-4-15-11;/h6,8-9,11,15-16H,1-5H2;1H/t11-;/m1./s1. The van der Waals surface area contributed by atoms with Gasteiger partial charge in [-0.25, -0.2) is 13.1 Å². The molecule has 110 valence electrons. The fraction of sp³-hybridized carbons (Fsp3) is 0.500. The highest BCUT2D eigenvalue weighted by molar-refractivity contribution is 7.89. The van der Waals surface area contributed by atoms with E-state index in [0.29, 0.717) is 12.6 Å². The van der Waals surface area contributed by atoms with E-state index in [1.165, 1.54) is 18.5 Å². The molecule has 1 aliphatic heterocycles. The second-order valence-corrected chi connectivity index (χ2v) is 6.27. The van der Waals surface area contributed by atoms with Crippen molar-refractivity contribution in [1.29, 1.82) is 5.26 Å². The van der Waals surface area contributed by atoms with Crippen LogP contribution >= 0.6 is 12.4 Å². The maximum absolute atomic E-state index is 12.0. The van der Waals surface area contributed by atoms with Gasteiger partial charge in [-0.2, -0.15) is 5.26 Å². The first-order valence-electron chi connectivity index (χ1n) is 6.20. The minimum Gasteiger partial charge on any atom is -0.314 e. The summed E-state index contributed by atoms with van der Waals surface area (Å²) in [6.07, 6.45) is 5.59. The van der Waals surface area contributed by atoms with E-state index in [1.54, 1.807) is 0 Å². The third-order valence-corrected chi connectivity index (χ3v) is 4.53. The van der Waals surface area contributed by atoms with E-state index in [-0.39, 0.29) is 22.9 Å². The summed E-state index contributed by atoms with van der Waals surface area (Å²) in [4.78, 5) is 3.79. The van der Waals surface area contributed by atoms with Crippen LogP contribution in [0.1, 0.15) is 24.8 Å². The highest BCUT2D eigenvalue weighted by Crippen LogP contribution is 2.11. The molecule has 1 aromatic heterocycles. The largest absolute Gasteiger partial charge is 0.314 e. The van der Waals surface area contributed by atoms with Crippen molar-refractivity contribution in [2.75, 3.05) is 13.1 Å². The van der Waals surface area contributed by atoms with Gasteiger partial charge in [-0.15, -0.1) is 12.4 Å². The second-order valence-electron chi connectivity index (χ2n) is 4.50. The zero-order valence-corrected chi connectivity index (χ0v) is 12.5. The molecule has 0 spiro atoms. The van der Waals surface area contributed by atoms with Crippen molar-refractivity contribution in [3.05, 3.63) is 24.0 Å². The summed E-state index contributed by atoms with van der Waals surface area (Å²) >= 11 is 0. The number of pyridine rings is 1. The molecule has 1 saturated heterocycles. The van der Waals surface area contributed by atoms with Gasteiger partial charge in [-0.05, 0) is 31.9 Å². The molecule has 0 amide bonds. The highest BCUT2D eigenvalue weighted by atomic mass is 35.5. The van der Waals surface area contributed by atoms with Crippen LogP contribution in [0.5, 0.6) is 0 Å². The topological polar surface area (TPSA) is 94.9 Å². The van der Waals surface area contributed by atoms with Crippen molar-refractivity contribution in [3.63, 3.8) is 0 Å². The smallest absolute Gasteiger partial charge is 0.242 e. The van der Waals surface area contributed by atoms with Crippen molar-refractivity contribution >= 4 is 22.4 Å². The molecule has 0 aliphatic carbocycles. The second kappa shape index (κ2) is 7.55. The van der Waals surface area contributed by atoms with Gasteiger partial charge in [-0.3, -0.25) is 4.98 Å². The maximum atomic E-state index is 12.0. The molecule has 2 rings (SSSR count). The monoisotopic (exact) mass is 316 g/mol. The Morgan fingerprint density at radius 3 is 2.95 bits per heavy atom. The molecule has 0 radical (unpaired) electrons. The minimum atomic E-state index is -3.58. The van der Waals surface area contributed by atoms with Gasteiger partial charge in [0.05, 0.1) is 5.56 Å². The number of hydrogen-bond acceptors (Lipinski definition) is 5. The van der Waals surface area contributed by atoms with Crippen molar-refractivity contribution in [1.82, 2.24) is 15.0 Å². The summed E-state index contributed by atoms with van der Waals surface area (Å²) in [6, 6.07) is 3.59. The number of nitriles is 1. The molecule has 0 aromatic carbocycles. The SMILES string of the molecule is Cl.N#Cc1cncc(S(=O)(=O)NCC[C@H]2CCCN2)c1. The van der Waals surface area contributed by atoms with Crippen LogP contribution < -0.4 is 10.0 Å². The Balaban J connectivity index is 0.00000200. The molecule has 1 fully saturated rings. The molecule has 1 aromatic rings. The number of aromatic nitrogens is 1. The van der Waals surface area contributed by atoms with E-state index in [9.17, 15) is 8.42 Å². The number of rotatable bonds is 5. The number of hydrogen-bond donors (Lipinski definition) is 2. The van der Waals surface area contributed by atoms with Gasteiger partial charge in [0.1, 0.15) is 11.0 Å². The van der Waals surface area contributed by atoms with Gasteiger partial charge >= 0.3 is 0 Å². The summed E-state index contributed by atoms with van der Waals surface area (Å²) in [5.74, 6) is 0. The Bertz CT molecular complexity index is 579. The summed E-state index contributed by atoms with van der Waals surface area (Å²) in [5.41, 5.74) is 0.236.